The molecule has 0 saturated carbocycles. The van der Waals surface area contributed by atoms with Crippen molar-refractivity contribution < 1.29 is 0 Å². The summed E-state index contributed by atoms with van der Waals surface area (Å²) in [7, 11) is 0. The number of para-hydroxylation sites is 2. The zero-order valence-electron chi connectivity index (χ0n) is 23.2. The van der Waals surface area contributed by atoms with Crippen LogP contribution in [0.1, 0.15) is 0 Å². The predicted molar refractivity (Wildman–Crippen MR) is 195 cm³/mol. The maximum absolute atomic E-state index is 2.48. The molecule has 6 heteroatoms. The average molecular weight is 635 g/mol. The number of anilines is 4. The highest BCUT2D eigenvalue weighted by Crippen LogP contribution is 2.59. The van der Waals surface area contributed by atoms with Gasteiger partial charge in [-0.05, 0) is 72.8 Å². The van der Waals surface area contributed by atoms with Crippen LogP contribution >= 0.6 is 46.2 Å². The largest absolute Gasteiger partial charge is 0.301 e. The molecule has 0 N–H and O–H groups in total. The van der Waals surface area contributed by atoms with Crippen LogP contribution in [-0.4, -0.2) is 0 Å². The number of fused-ring (bicyclic) bond motifs is 8. The third-order valence-electron chi connectivity index (χ3n) is 8.45. The van der Waals surface area contributed by atoms with Gasteiger partial charge in [-0.1, -0.05) is 84.2 Å². The fraction of sp³-hybridized carbons (Fsp3) is 0. The number of thiophene rings is 2. The lowest BCUT2D eigenvalue weighted by atomic mass is 10.1. The molecule has 0 aliphatic carbocycles. The zero-order chi connectivity index (χ0) is 28.8. The second-order valence-electron chi connectivity index (χ2n) is 11.0. The van der Waals surface area contributed by atoms with Crippen LogP contribution in [0.2, 0.25) is 0 Å². The van der Waals surface area contributed by atoms with Gasteiger partial charge < -0.3 is 9.80 Å². The van der Waals surface area contributed by atoms with E-state index in [1.165, 1.54) is 82.9 Å². The van der Waals surface area contributed by atoms with Crippen molar-refractivity contribution in [1.82, 2.24) is 0 Å². The molecule has 208 valence electrons. The summed E-state index contributed by atoms with van der Waals surface area (Å²) in [5.41, 5.74) is 4.85. The van der Waals surface area contributed by atoms with E-state index in [0.29, 0.717) is 0 Å². The zero-order valence-corrected chi connectivity index (χ0v) is 26.5. The van der Waals surface area contributed by atoms with Crippen LogP contribution in [0.15, 0.2) is 153 Å². The number of hydrogen-bond donors (Lipinski definition) is 0. The van der Waals surface area contributed by atoms with Crippen molar-refractivity contribution in [2.75, 3.05) is 9.80 Å². The molecule has 2 aliphatic heterocycles. The van der Waals surface area contributed by atoms with E-state index >= 15 is 0 Å². The van der Waals surface area contributed by atoms with Crippen LogP contribution in [0.4, 0.5) is 22.7 Å². The van der Waals surface area contributed by atoms with E-state index in [2.05, 4.69) is 143 Å². The maximum Gasteiger partial charge on any atom is 0.116 e. The Labute approximate surface area is 270 Å². The molecule has 10 rings (SSSR count). The van der Waals surface area contributed by atoms with E-state index in [1.807, 2.05) is 46.2 Å². The number of nitrogens with zero attached hydrogens (tertiary/aromatic N) is 2. The monoisotopic (exact) mass is 634 g/mol. The molecule has 4 heterocycles. The molecule has 2 nitrogen and oxygen atoms in total. The predicted octanol–water partition coefficient (Wildman–Crippen LogP) is 12.7. The summed E-state index contributed by atoms with van der Waals surface area (Å²) >= 11 is 7.48. The molecule has 0 saturated heterocycles. The van der Waals surface area contributed by atoms with Crippen molar-refractivity contribution in [2.45, 2.75) is 9.79 Å². The lowest BCUT2D eigenvalue weighted by molar-refractivity contribution is 1.19. The summed E-state index contributed by atoms with van der Waals surface area (Å²) in [6, 6.07) is 49.1. The molecule has 0 spiro atoms. The van der Waals surface area contributed by atoms with Crippen molar-refractivity contribution >= 4 is 109 Å². The van der Waals surface area contributed by atoms with E-state index in [0.717, 1.165) is 0 Å². The molecule has 0 unspecified atom stereocenters. The molecule has 2 aromatic heterocycles. The Hall–Kier alpha value is -4.20. The number of thioether (sulfide) groups is 2. The molecule has 0 atom stereocenters. The third-order valence-corrected chi connectivity index (χ3v) is 13.2. The van der Waals surface area contributed by atoms with Crippen molar-refractivity contribution in [3.63, 3.8) is 0 Å². The standard InChI is InChI=1S/C38H22N2S4/c1-5-13-31-25(9-1)27-21-23(17-19-33(27)41-31)39-29-11-3-7-15-35(29)43-37(39)38-40(30-12-4-8-16-36(30)44-38)24-18-20-34-28(22-24)26-10-2-6-14-32(26)42-34/h1-22H/b38-37+. The minimum absolute atomic E-state index is 1.19. The fourth-order valence-electron chi connectivity index (χ4n) is 6.47. The van der Waals surface area contributed by atoms with E-state index in [9.17, 15) is 0 Å². The molecule has 0 bridgehead atoms. The Morgan fingerprint density at radius 1 is 0.364 bits per heavy atom. The minimum Gasteiger partial charge on any atom is -0.301 e. The topological polar surface area (TPSA) is 6.48 Å². The van der Waals surface area contributed by atoms with Crippen molar-refractivity contribution in [3.05, 3.63) is 144 Å². The van der Waals surface area contributed by atoms with Gasteiger partial charge in [-0.2, -0.15) is 0 Å². The summed E-state index contributed by atoms with van der Waals surface area (Å²) in [6.07, 6.45) is 0. The van der Waals surface area contributed by atoms with Crippen LogP contribution in [0.5, 0.6) is 0 Å². The molecule has 0 radical (unpaired) electrons. The summed E-state index contributed by atoms with van der Waals surface area (Å²) in [4.78, 5) is 7.51. The Balaban J connectivity index is 1.21. The van der Waals surface area contributed by atoms with Crippen LogP contribution in [-0.2, 0) is 0 Å². The molecular weight excluding hydrogens is 613 g/mol. The maximum atomic E-state index is 2.48. The molecule has 0 amide bonds. The average Bonchev–Trinajstić information content (AvgIpc) is 3.83. The van der Waals surface area contributed by atoms with Gasteiger partial charge in [0.05, 0.1) is 11.4 Å². The SMILES string of the molecule is c1ccc2c(c1)S/C(=C1/Sc3ccccc3N1c1ccc3sc4ccccc4c3c1)N2c1ccc2sc3ccccc3c2c1. The molecule has 8 aromatic rings. The van der Waals surface area contributed by atoms with Gasteiger partial charge in [-0.25, -0.2) is 0 Å². The first-order chi connectivity index (χ1) is 21.8. The van der Waals surface area contributed by atoms with Gasteiger partial charge in [-0.15, -0.1) is 22.7 Å². The Morgan fingerprint density at radius 2 is 0.773 bits per heavy atom. The normalized spacial score (nSPS) is 16.1. The van der Waals surface area contributed by atoms with E-state index in [1.54, 1.807) is 0 Å². The highest BCUT2D eigenvalue weighted by molar-refractivity contribution is 8.07. The summed E-state index contributed by atoms with van der Waals surface area (Å²) in [5, 5.41) is 7.75. The Kier molecular flexibility index (Phi) is 5.52. The lowest BCUT2D eigenvalue weighted by Crippen LogP contribution is -2.18. The second-order valence-corrected chi connectivity index (χ2v) is 15.2. The van der Waals surface area contributed by atoms with Gasteiger partial charge in [0.25, 0.3) is 0 Å². The van der Waals surface area contributed by atoms with E-state index in [4.69, 9.17) is 0 Å². The highest BCUT2D eigenvalue weighted by atomic mass is 32.2. The van der Waals surface area contributed by atoms with Gasteiger partial charge >= 0.3 is 0 Å². The Bertz CT molecular complexity index is 2310. The first-order valence-corrected chi connectivity index (χ1v) is 17.8. The molecule has 0 fully saturated rings. The van der Waals surface area contributed by atoms with Crippen molar-refractivity contribution in [3.8, 4) is 0 Å². The third kappa shape index (κ3) is 3.69. The van der Waals surface area contributed by atoms with Crippen LogP contribution in [0.3, 0.4) is 0 Å². The molecular formula is C38H22N2S4. The first kappa shape index (κ1) is 25.2. The van der Waals surface area contributed by atoms with Crippen LogP contribution in [0.25, 0.3) is 40.3 Å². The smallest absolute Gasteiger partial charge is 0.116 e. The Morgan fingerprint density at radius 3 is 1.27 bits per heavy atom. The van der Waals surface area contributed by atoms with Crippen LogP contribution in [0, 0.1) is 0 Å². The van der Waals surface area contributed by atoms with Crippen LogP contribution < -0.4 is 9.80 Å². The van der Waals surface area contributed by atoms with Gasteiger partial charge in [0.15, 0.2) is 0 Å². The first-order valence-electron chi connectivity index (χ1n) is 14.5. The van der Waals surface area contributed by atoms with E-state index in [-0.39, 0.29) is 0 Å². The van der Waals surface area contributed by atoms with E-state index < -0.39 is 0 Å². The van der Waals surface area contributed by atoms with Crippen molar-refractivity contribution in [2.24, 2.45) is 0 Å². The highest BCUT2D eigenvalue weighted by Gasteiger charge is 2.36. The van der Waals surface area contributed by atoms with Gasteiger partial charge in [0.1, 0.15) is 10.1 Å². The van der Waals surface area contributed by atoms with Gasteiger partial charge in [-0.3, -0.25) is 0 Å². The molecule has 6 aromatic carbocycles. The summed E-state index contributed by atoms with van der Waals surface area (Å²) < 4.78 is 5.31. The number of hydrogen-bond acceptors (Lipinski definition) is 6. The van der Waals surface area contributed by atoms with Gasteiger partial charge in [0.2, 0.25) is 0 Å². The lowest BCUT2D eigenvalue weighted by Gasteiger charge is -2.27. The fourth-order valence-corrected chi connectivity index (χ4v) is 11.1. The molecule has 2 aliphatic rings. The summed E-state index contributed by atoms with van der Waals surface area (Å²) in [6.45, 7) is 0. The quantitative estimate of drug-likeness (QED) is 0.187. The minimum atomic E-state index is 1.19. The number of benzene rings is 6. The number of rotatable bonds is 2. The second kappa shape index (κ2) is 9.65. The molecule has 44 heavy (non-hydrogen) atoms. The summed E-state index contributed by atoms with van der Waals surface area (Å²) in [5.74, 6) is 0. The van der Waals surface area contributed by atoms with Gasteiger partial charge in [0, 0.05) is 61.5 Å². The van der Waals surface area contributed by atoms with Crippen molar-refractivity contribution in [1.29, 1.82) is 0 Å².